The molecule has 1 aromatic rings. The highest BCUT2D eigenvalue weighted by molar-refractivity contribution is 5.76. The smallest absolute Gasteiger partial charge is 0.220 e. The predicted octanol–water partition coefficient (Wildman–Crippen LogP) is 3.92. The molecule has 4 nitrogen and oxygen atoms in total. The Morgan fingerprint density at radius 1 is 1.20 bits per heavy atom. The summed E-state index contributed by atoms with van der Waals surface area (Å²) in [4.78, 5) is 14.9. The molecule has 25 heavy (non-hydrogen) atoms. The summed E-state index contributed by atoms with van der Waals surface area (Å²) >= 11 is 0. The van der Waals surface area contributed by atoms with Gasteiger partial charge < -0.3 is 10.1 Å². The highest BCUT2D eigenvalue weighted by atomic mass is 16.5. The number of carbonyl (C=O) groups is 1. The van der Waals surface area contributed by atoms with Gasteiger partial charge in [0, 0.05) is 13.0 Å². The van der Waals surface area contributed by atoms with E-state index < -0.39 is 0 Å². The fraction of sp³-hybridized carbons (Fsp3) is 0.667. The first-order valence-corrected chi connectivity index (χ1v) is 9.91. The van der Waals surface area contributed by atoms with Crippen molar-refractivity contribution in [3.63, 3.8) is 0 Å². The molecule has 1 unspecified atom stereocenters. The number of likely N-dealkylation sites (tertiary alicyclic amines) is 1. The first-order valence-electron chi connectivity index (χ1n) is 9.91. The predicted molar refractivity (Wildman–Crippen MR) is 101 cm³/mol. The average Bonchev–Trinajstić information content (AvgIpc) is 3.17. The van der Waals surface area contributed by atoms with Crippen molar-refractivity contribution in [1.82, 2.24) is 10.2 Å². The van der Waals surface area contributed by atoms with E-state index in [4.69, 9.17) is 4.74 Å². The van der Waals surface area contributed by atoms with Gasteiger partial charge in [-0.15, -0.1) is 0 Å². The molecule has 1 atom stereocenters. The number of hydrogen-bond donors (Lipinski definition) is 1. The molecule has 2 fully saturated rings. The Kier molecular flexibility index (Phi) is 6.74. The molecule has 138 valence electrons. The Hall–Kier alpha value is -1.55. The van der Waals surface area contributed by atoms with Gasteiger partial charge in [0.1, 0.15) is 5.75 Å². The highest BCUT2D eigenvalue weighted by Crippen LogP contribution is 2.28. The lowest BCUT2D eigenvalue weighted by molar-refractivity contribution is -0.122. The number of nitrogens with one attached hydrogen (secondary N) is 1. The molecule has 2 aliphatic rings. The largest absolute Gasteiger partial charge is 0.497 e. The van der Waals surface area contributed by atoms with Gasteiger partial charge in [0.15, 0.2) is 0 Å². The number of amides is 1. The second kappa shape index (κ2) is 9.23. The summed E-state index contributed by atoms with van der Waals surface area (Å²) in [6.45, 7) is 2.92. The SMILES string of the molecule is COc1cccc(C(CNC(=O)CC2CCCCC2)N2CCCC2)c1. The van der Waals surface area contributed by atoms with Crippen molar-refractivity contribution in [2.75, 3.05) is 26.7 Å². The van der Waals surface area contributed by atoms with Gasteiger partial charge in [0.25, 0.3) is 0 Å². The van der Waals surface area contributed by atoms with Crippen molar-refractivity contribution in [2.24, 2.45) is 5.92 Å². The standard InChI is InChI=1S/C21H32N2O2/c1-25-19-11-7-10-18(15-19)20(23-12-5-6-13-23)16-22-21(24)14-17-8-3-2-4-9-17/h7,10-11,15,17,20H,2-6,8-9,12-14,16H2,1H3,(H,22,24). The van der Waals surface area contributed by atoms with Crippen LogP contribution in [0.25, 0.3) is 0 Å². The molecule has 1 saturated carbocycles. The van der Waals surface area contributed by atoms with Crippen LogP contribution in [0.5, 0.6) is 5.75 Å². The summed E-state index contributed by atoms with van der Waals surface area (Å²) in [5.41, 5.74) is 1.24. The minimum Gasteiger partial charge on any atom is -0.497 e. The van der Waals surface area contributed by atoms with Gasteiger partial charge in [-0.25, -0.2) is 0 Å². The van der Waals surface area contributed by atoms with Crippen molar-refractivity contribution >= 4 is 5.91 Å². The number of methoxy groups -OCH3 is 1. The Balaban J connectivity index is 1.60. The fourth-order valence-electron chi connectivity index (χ4n) is 4.30. The van der Waals surface area contributed by atoms with Crippen LogP contribution in [0.1, 0.15) is 63.0 Å². The van der Waals surface area contributed by atoms with Crippen molar-refractivity contribution in [3.8, 4) is 5.75 Å². The topological polar surface area (TPSA) is 41.6 Å². The lowest BCUT2D eigenvalue weighted by Crippen LogP contribution is -2.37. The second-order valence-corrected chi connectivity index (χ2v) is 7.55. The van der Waals surface area contributed by atoms with E-state index in [9.17, 15) is 4.79 Å². The summed E-state index contributed by atoms with van der Waals surface area (Å²) in [6, 6.07) is 8.52. The molecule has 0 radical (unpaired) electrons. The Bertz CT molecular complexity index is 549. The maximum atomic E-state index is 12.4. The molecular formula is C21H32N2O2. The second-order valence-electron chi connectivity index (χ2n) is 7.55. The molecule has 1 heterocycles. The molecule has 1 saturated heterocycles. The Morgan fingerprint density at radius 2 is 1.96 bits per heavy atom. The van der Waals surface area contributed by atoms with Crippen molar-refractivity contribution < 1.29 is 9.53 Å². The zero-order valence-corrected chi connectivity index (χ0v) is 15.5. The van der Waals surface area contributed by atoms with Gasteiger partial charge in [-0.2, -0.15) is 0 Å². The zero-order chi connectivity index (χ0) is 17.5. The van der Waals surface area contributed by atoms with Gasteiger partial charge >= 0.3 is 0 Å². The third-order valence-electron chi connectivity index (χ3n) is 5.75. The minimum atomic E-state index is 0.221. The molecule has 1 amide bonds. The molecule has 1 aliphatic carbocycles. The number of benzene rings is 1. The van der Waals surface area contributed by atoms with Crippen LogP contribution in [0.2, 0.25) is 0 Å². The van der Waals surface area contributed by atoms with E-state index in [1.165, 1.54) is 50.5 Å². The minimum absolute atomic E-state index is 0.221. The van der Waals surface area contributed by atoms with E-state index in [1.54, 1.807) is 7.11 Å². The van der Waals surface area contributed by atoms with Crippen LogP contribution in [0.4, 0.5) is 0 Å². The third-order valence-corrected chi connectivity index (χ3v) is 5.75. The van der Waals surface area contributed by atoms with E-state index in [2.05, 4.69) is 22.3 Å². The number of ether oxygens (including phenoxy) is 1. The molecule has 1 aromatic carbocycles. The van der Waals surface area contributed by atoms with Gasteiger partial charge in [-0.3, -0.25) is 9.69 Å². The van der Waals surface area contributed by atoms with Gasteiger partial charge in [-0.1, -0.05) is 31.4 Å². The zero-order valence-electron chi connectivity index (χ0n) is 15.5. The van der Waals surface area contributed by atoms with Crippen molar-refractivity contribution in [2.45, 2.75) is 57.4 Å². The van der Waals surface area contributed by atoms with Crippen molar-refractivity contribution in [1.29, 1.82) is 0 Å². The number of hydrogen-bond acceptors (Lipinski definition) is 3. The van der Waals surface area contributed by atoms with E-state index >= 15 is 0 Å². The highest BCUT2D eigenvalue weighted by Gasteiger charge is 2.25. The molecule has 4 heteroatoms. The van der Waals surface area contributed by atoms with E-state index in [0.29, 0.717) is 18.9 Å². The summed E-state index contributed by atoms with van der Waals surface area (Å²) < 4.78 is 5.39. The molecule has 0 aromatic heterocycles. The summed E-state index contributed by atoms with van der Waals surface area (Å²) in [5.74, 6) is 1.70. The lowest BCUT2D eigenvalue weighted by atomic mass is 9.87. The maximum absolute atomic E-state index is 12.4. The molecule has 0 bridgehead atoms. The van der Waals surface area contributed by atoms with Crippen LogP contribution >= 0.6 is 0 Å². The van der Waals surface area contributed by atoms with Crippen LogP contribution in [0.3, 0.4) is 0 Å². The Labute approximate surface area is 151 Å². The van der Waals surface area contributed by atoms with Crippen LogP contribution in [0, 0.1) is 5.92 Å². The van der Waals surface area contributed by atoms with Gasteiger partial charge in [0.2, 0.25) is 5.91 Å². The fourth-order valence-corrected chi connectivity index (χ4v) is 4.30. The maximum Gasteiger partial charge on any atom is 0.220 e. The quantitative estimate of drug-likeness (QED) is 0.815. The lowest BCUT2D eigenvalue weighted by Gasteiger charge is -2.29. The molecule has 0 spiro atoms. The number of carbonyl (C=O) groups excluding carboxylic acids is 1. The van der Waals surface area contributed by atoms with Crippen LogP contribution in [-0.4, -0.2) is 37.6 Å². The van der Waals surface area contributed by atoms with E-state index in [1.807, 2.05) is 12.1 Å². The number of rotatable bonds is 7. The Morgan fingerprint density at radius 3 is 2.68 bits per heavy atom. The average molecular weight is 344 g/mol. The third kappa shape index (κ3) is 5.21. The molecule has 3 rings (SSSR count). The first-order chi connectivity index (χ1) is 12.3. The summed E-state index contributed by atoms with van der Waals surface area (Å²) in [7, 11) is 1.70. The van der Waals surface area contributed by atoms with Crippen LogP contribution in [-0.2, 0) is 4.79 Å². The van der Waals surface area contributed by atoms with Gasteiger partial charge in [0.05, 0.1) is 13.2 Å². The van der Waals surface area contributed by atoms with Crippen LogP contribution < -0.4 is 10.1 Å². The molecule has 1 N–H and O–H groups in total. The summed E-state index contributed by atoms with van der Waals surface area (Å²) in [5, 5.41) is 3.22. The van der Waals surface area contributed by atoms with Crippen LogP contribution in [0.15, 0.2) is 24.3 Å². The normalized spacial score (nSPS) is 20.4. The number of nitrogens with zero attached hydrogens (tertiary/aromatic N) is 1. The molecular weight excluding hydrogens is 312 g/mol. The summed E-state index contributed by atoms with van der Waals surface area (Å²) in [6.07, 6.45) is 9.55. The monoisotopic (exact) mass is 344 g/mol. The van der Waals surface area contributed by atoms with E-state index in [-0.39, 0.29) is 11.9 Å². The van der Waals surface area contributed by atoms with Crippen molar-refractivity contribution in [3.05, 3.63) is 29.8 Å². The first kappa shape index (κ1) is 18.2. The van der Waals surface area contributed by atoms with E-state index in [0.717, 1.165) is 18.8 Å². The molecule has 1 aliphatic heterocycles. The van der Waals surface area contributed by atoms with Gasteiger partial charge in [-0.05, 0) is 62.4 Å².